The van der Waals surface area contributed by atoms with Crippen molar-refractivity contribution in [2.75, 3.05) is 31.9 Å². The Balaban J connectivity index is 1.95. The second-order valence-electron chi connectivity index (χ2n) is 7.06. The maximum atomic E-state index is 12.6. The number of hydrogen-bond donors (Lipinski definition) is 0. The third-order valence-electron chi connectivity index (χ3n) is 4.83. The third-order valence-corrected chi connectivity index (χ3v) is 6.71. The molecule has 1 heterocycles. The lowest BCUT2D eigenvalue weighted by molar-refractivity contribution is -0.139. The van der Waals surface area contributed by atoms with Crippen LogP contribution in [0.3, 0.4) is 0 Å². The van der Waals surface area contributed by atoms with Crippen molar-refractivity contribution in [3.8, 4) is 5.75 Å². The Morgan fingerprint density at radius 2 is 1.77 bits per heavy atom. The first-order valence-electron chi connectivity index (χ1n) is 9.19. The van der Waals surface area contributed by atoms with E-state index < -0.39 is 16.1 Å². The van der Waals surface area contributed by atoms with Crippen molar-refractivity contribution in [2.24, 2.45) is 0 Å². The molecular formula is C19H30N2O4S. The number of benzene rings is 1. The molecule has 1 saturated heterocycles. The number of piperazine rings is 1. The summed E-state index contributed by atoms with van der Waals surface area (Å²) < 4.78 is 31.1. The normalized spacial score (nSPS) is 17.4. The Hall–Kier alpha value is -1.60. The van der Waals surface area contributed by atoms with Crippen LogP contribution in [0.1, 0.15) is 44.7 Å². The summed E-state index contributed by atoms with van der Waals surface area (Å²) in [5, 5.41) is 0. The van der Waals surface area contributed by atoms with Crippen molar-refractivity contribution in [3.63, 3.8) is 0 Å². The number of nitrogens with zero attached hydrogens (tertiary/aromatic N) is 2. The number of hydrogen-bond acceptors (Lipinski definition) is 4. The molecule has 1 amide bonds. The van der Waals surface area contributed by atoms with Gasteiger partial charge in [0.05, 0.1) is 5.75 Å². The van der Waals surface area contributed by atoms with Gasteiger partial charge in [-0.25, -0.2) is 8.42 Å². The zero-order valence-corrected chi connectivity index (χ0v) is 17.2. The topological polar surface area (TPSA) is 66.9 Å². The SMILES string of the molecule is CCS(=O)(=O)N1CCN(C(=O)C(C)Oc2ccc(C(C)C)c(C)c2)CC1. The summed E-state index contributed by atoms with van der Waals surface area (Å²) in [6, 6.07) is 5.91. The lowest BCUT2D eigenvalue weighted by atomic mass is 9.98. The fourth-order valence-corrected chi connectivity index (χ4v) is 4.33. The molecule has 1 atom stereocenters. The van der Waals surface area contributed by atoms with E-state index in [-0.39, 0.29) is 11.7 Å². The predicted octanol–water partition coefficient (Wildman–Crippen LogP) is 2.38. The van der Waals surface area contributed by atoms with Crippen molar-refractivity contribution in [2.45, 2.75) is 46.6 Å². The molecule has 1 unspecified atom stereocenters. The lowest BCUT2D eigenvalue weighted by Gasteiger charge is -2.35. The highest BCUT2D eigenvalue weighted by Crippen LogP contribution is 2.24. The van der Waals surface area contributed by atoms with Gasteiger partial charge in [0, 0.05) is 26.2 Å². The summed E-state index contributed by atoms with van der Waals surface area (Å²) >= 11 is 0. The van der Waals surface area contributed by atoms with Crippen molar-refractivity contribution in [1.82, 2.24) is 9.21 Å². The summed E-state index contributed by atoms with van der Waals surface area (Å²) in [5.41, 5.74) is 2.42. The van der Waals surface area contributed by atoms with Gasteiger partial charge in [-0.05, 0) is 49.9 Å². The molecule has 0 aliphatic carbocycles. The number of amides is 1. The van der Waals surface area contributed by atoms with Gasteiger partial charge < -0.3 is 9.64 Å². The first-order valence-corrected chi connectivity index (χ1v) is 10.8. The third kappa shape index (κ3) is 4.76. The van der Waals surface area contributed by atoms with Gasteiger partial charge in [0.2, 0.25) is 10.0 Å². The minimum Gasteiger partial charge on any atom is -0.481 e. The molecule has 6 nitrogen and oxygen atoms in total. The summed E-state index contributed by atoms with van der Waals surface area (Å²) in [4.78, 5) is 14.3. The van der Waals surface area contributed by atoms with E-state index in [0.717, 1.165) is 5.56 Å². The minimum absolute atomic E-state index is 0.0895. The van der Waals surface area contributed by atoms with Crippen LogP contribution in [0.4, 0.5) is 0 Å². The molecule has 0 radical (unpaired) electrons. The number of carbonyl (C=O) groups excluding carboxylic acids is 1. The summed E-state index contributed by atoms with van der Waals surface area (Å²) in [5.74, 6) is 1.11. The Kier molecular flexibility index (Phi) is 6.69. The van der Waals surface area contributed by atoms with Gasteiger partial charge in [-0.3, -0.25) is 4.79 Å². The molecule has 1 aliphatic rings. The Morgan fingerprint density at radius 3 is 2.27 bits per heavy atom. The molecule has 2 rings (SSSR count). The van der Waals surface area contributed by atoms with Crippen molar-refractivity contribution < 1.29 is 17.9 Å². The van der Waals surface area contributed by atoms with Crippen LogP contribution in [-0.2, 0) is 14.8 Å². The van der Waals surface area contributed by atoms with Crippen molar-refractivity contribution in [1.29, 1.82) is 0 Å². The monoisotopic (exact) mass is 382 g/mol. The fraction of sp³-hybridized carbons (Fsp3) is 0.632. The Bertz CT molecular complexity index is 738. The predicted molar refractivity (Wildman–Crippen MR) is 103 cm³/mol. The van der Waals surface area contributed by atoms with E-state index in [0.29, 0.717) is 37.8 Å². The van der Waals surface area contributed by atoms with E-state index in [1.807, 2.05) is 25.1 Å². The second-order valence-corrected chi connectivity index (χ2v) is 9.32. The average Bonchev–Trinajstić information content (AvgIpc) is 2.60. The average molecular weight is 383 g/mol. The molecule has 0 N–H and O–H groups in total. The van der Waals surface area contributed by atoms with Crippen molar-refractivity contribution >= 4 is 15.9 Å². The first kappa shape index (κ1) is 20.7. The highest BCUT2D eigenvalue weighted by Gasteiger charge is 2.30. The number of aryl methyl sites for hydroxylation is 1. The standard InChI is InChI=1S/C19H30N2O4S/c1-6-26(23,24)21-11-9-20(10-12-21)19(22)16(5)25-17-7-8-18(14(2)3)15(4)13-17/h7-8,13-14,16H,6,9-12H2,1-5H3. The minimum atomic E-state index is -3.19. The summed E-state index contributed by atoms with van der Waals surface area (Å²) in [6.45, 7) is 11.2. The van der Waals surface area contributed by atoms with Crippen LogP contribution in [0.2, 0.25) is 0 Å². The van der Waals surface area contributed by atoms with Gasteiger partial charge in [-0.2, -0.15) is 4.31 Å². The summed E-state index contributed by atoms with van der Waals surface area (Å²) in [7, 11) is -3.19. The molecule has 0 bridgehead atoms. The van der Waals surface area contributed by atoms with E-state index in [2.05, 4.69) is 13.8 Å². The zero-order valence-electron chi connectivity index (χ0n) is 16.4. The van der Waals surface area contributed by atoms with Crippen LogP contribution in [0.15, 0.2) is 18.2 Å². The van der Waals surface area contributed by atoms with Crippen LogP contribution < -0.4 is 4.74 Å². The van der Waals surface area contributed by atoms with Crippen LogP contribution in [-0.4, -0.2) is 61.6 Å². The molecule has 1 aromatic carbocycles. The van der Waals surface area contributed by atoms with Crippen LogP contribution >= 0.6 is 0 Å². The van der Waals surface area contributed by atoms with Gasteiger partial charge in [0.25, 0.3) is 5.91 Å². The van der Waals surface area contributed by atoms with E-state index >= 15 is 0 Å². The largest absolute Gasteiger partial charge is 0.481 e. The smallest absolute Gasteiger partial charge is 0.263 e. The summed E-state index contributed by atoms with van der Waals surface area (Å²) in [6.07, 6.45) is -0.603. The molecule has 0 saturated carbocycles. The maximum Gasteiger partial charge on any atom is 0.263 e. The quantitative estimate of drug-likeness (QED) is 0.758. The number of sulfonamides is 1. The van der Waals surface area contributed by atoms with Crippen LogP contribution in [0, 0.1) is 6.92 Å². The number of ether oxygens (including phenoxy) is 1. The molecule has 1 aromatic rings. The van der Waals surface area contributed by atoms with Crippen molar-refractivity contribution in [3.05, 3.63) is 29.3 Å². The van der Waals surface area contributed by atoms with Gasteiger partial charge in [0.1, 0.15) is 5.75 Å². The first-order chi connectivity index (χ1) is 12.2. The highest BCUT2D eigenvalue weighted by molar-refractivity contribution is 7.89. The van der Waals surface area contributed by atoms with E-state index in [9.17, 15) is 13.2 Å². The van der Waals surface area contributed by atoms with Gasteiger partial charge in [-0.1, -0.05) is 19.9 Å². The molecule has 146 valence electrons. The molecular weight excluding hydrogens is 352 g/mol. The second kappa shape index (κ2) is 8.39. The van der Waals surface area contributed by atoms with Gasteiger partial charge in [-0.15, -0.1) is 0 Å². The maximum absolute atomic E-state index is 12.6. The van der Waals surface area contributed by atoms with E-state index in [1.165, 1.54) is 9.87 Å². The molecule has 0 spiro atoms. The van der Waals surface area contributed by atoms with Crippen LogP contribution in [0.5, 0.6) is 5.75 Å². The highest BCUT2D eigenvalue weighted by atomic mass is 32.2. The Morgan fingerprint density at radius 1 is 1.15 bits per heavy atom. The molecule has 26 heavy (non-hydrogen) atoms. The molecule has 1 aliphatic heterocycles. The Labute approximate surface area is 157 Å². The van der Waals surface area contributed by atoms with E-state index in [4.69, 9.17) is 4.74 Å². The van der Waals surface area contributed by atoms with Gasteiger partial charge >= 0.3 is 0 Å². The fourth-order valence-electron chi connectivity index (χ4n) is 3.25. The van der Waals surface area contributed by atoms with E-state index in [1.54, 1.807) is 18.7 Å². The van der Waals surface area contributed by atoms with Gasteiger partial charge in [0.15, 0.2) is 6.10 Å². The molecule has 1 fully saturated rings. The lowest BCUT2D eigenvalue weighted by Crippen LogP contribution is -2.53. The molecule has 0 aromatic heterocycles. The number of rotatable bonds is 6. The number of carbonyl (C=O) groups is 1. The zero-order chi connectivity index (χ0) is 19.5. The van der Waals surface area contributed by atoms with Crippen LogP contribution in [0.25, 0.3) is 0 Å². The molecule has 7 heteroatoms.